The maximum absolute atomic E-state index is 13.6. The third-order valence-corrected chi connectivity index (χ3v) is 10.5. The zero-order valence-corrected chi connectivity index (χ0v) is 36.6. The van der Waals surface area contributed by atoms with Gasteiger partial charge in [-0.15, -0.1) is 0 Å². The highest BCUT2D eigenvalue weighted by Crippen LogP contribution is 2.39. The first-order chi connectivity index (χ1) is 30.1. The molecule has 0 fully saturated rings. The largest absolute Gasteiger partial charge is 0.469 e. The number of aliphatic hydroxyl groups excluding tert-OH is 4. The fourth-order valence-electron chi connectivity index (χ4n) is 7.82. The van der Waals surface area contributed by atoms with E-state index in [0.717, 1.165) is 55.4 Å². The van der Waals surface area contributed by atoms with E-state index in [2.05, 4.69) is 41.6 Å². The summed E-state index contributed by atoms with van der Waals surface area (Å²) < 4.78 is 40.8. The van der Waals surface area contributed by atoms with Crippen molar-refractivity contribution in [2.75, 3.05) is 13.7 Å². The average molecular weight is 865 g/mol. The van der Waals surface area contributed by atoms with Crippen molar-refractivity contribution < 1.29 is 48.3 Å². The lowest BCUT2D eigenvalue weighted by Crippen LogP contribution is -2.20. The minimum atomic E-state index is -1.00. The van der Waals surface area contributed by atoms with E-state index < -0.39 is 36.4 Å². The molecule has 334 valence electrons. The van der Waals surface area contributed by atoms with Gasteiger partial charge >= 0.3 is 11.9 Å². The summed E-state index contributed by atoms with van der Waals surface area (Å²) in [4.78, 5) is 22.9. The van der Waals surface area contributed by atoms with Crippen LogP contribution >= 0.6 is 0 Å². The number of rotatable bonds is 17. The van der Waals surface area contributed by atoms with Crippen molar-refractivity contribution in [3.8, 4) is 22.3 Å². The van der Waals surface area contributed by atoms with Crippen LogP contribution in [0.4, 0.5) is 8.78 Å². The summed E-state index contributed by atoms with van der Waals surface area (Å²) in [5.41, 5.74) is 7.48. The molecule has 10 nitrogen and oxygen atoms in total. The second-order valence-corrected chi connectivity index (χ2v) is 15.9. The molecule has 0 spiro atoms. The first-order valence-electron chi connectivity index (χ1n) is 21.2. The van der Waals surface area contributed by atoms with Gasteiger partial charge in [-0.2, -0.15) is 0 Å². The Hall–Kier alpha value is -5.92. The van der Waals surface area contributed by atoms with Gasteiger partial charge in [-0.1, -0.05) is 72.8 Å². The molecule has 2 heterocycles. The normalized spacial score (nSPS) is 13.7. The summed E-state index contributed by atoms with van der Waals surface area (Å²) >= 11 is 0. The number of hydrogen-bond acceptors (Lipinski definition) is 8. The Balaban J connectivity index is 0.000000238. The maximum atomic E-state index is 13.6. The minimum absolute atomic E-state index is 0.0133. The van der Waals surface area contributed by atoms with Crippen LogP contribution in [-0.2, 0) is 19.1 Å². The highest BCUT2D eigenvalue weighted by Gasteiger charge is 2.22. The molecule has 12 heteroatoms. The molecular formula is C51H58F2N2O8. The monoisotopic (exact) mass is 864 g/mol. The molecule has 0 amide bonds. The molecule has 6 aromatic rings. The van der Waals surface area contributed by atoms with E-state index in [0.29, 0.717) is 0 Å². The van der Waals surface area contributed by atoms with Crippen LogP contribution in [-0.4, -0.2) is 79.6 Å². The van der Waals surface area contributed by atoms with Gasteiger partial charge in [0.15, 0.2) is 0 Å². The average Bonchev–Trinajstić information content (AvgIpc) is 3.76. The second kappa shape index (κ2) is 22.4. The van der Waals surface area contributed by atoms with Crippen LogP contribution in [0, 0.1) is 11.6 Å². The number of nitrogens with zero attached hydrogens (tertiary/aromatic N) is 2. The van der Waals surface area contributed by atoms with E-state index in [1.54, 1.807) is 43.3 Å². The SMILES string of the molecule is CCOC(=O)CC(O)CC(O)/C=C/c1c(-c2ccc(F)cc2)c2ccccc2n1C(C)C.COC(=O)CC(O)CC(O)/C=C/c1c(-c2ccc(F)cc2)c2ccccc2n1C(C)C. The molecule has 2 aromatic heterocycles. The van der Waals surface area contributed by atoms with Crippen LogP contribution in [0.2, 0.25) is 0 Å². The number of aliphatic hydroxyl groups is 4. The zero-order valence-electron chi connectivity index (χ0n) is 36.6. The van der Waals surface area contributed by atoms with Crippen LogP contribution < -0.4 is 0 Å². The van der Waals surface area contributed by atoms with E-state index in [4.69, 9.17) is 4.74 Å². The van der Waals surface area contributed by atoms with E-state index in [9.17, 15) is 38.8 Å². The molecule has 0 radical (unpaired) electrons. The summed E-state index contributed by atoms with van der Waals surface area (Å²) in [6.07, 6.45) is 2.70. The number of aromatic nitrogens is 2. The number of fused-ring (bicyclic) bond motifs is 2. The Morgan fingerprint density at radius 1 is 0.603 bits per heavy atom. The standard InChI is InChI=1S/C26H30FNO4.C25H28FNO4/c1-4-32-25(31)16-21(30)15-20(29)13-14-24-26(18-9-11-19(27)12-10-18)22-7-5-6-8-23(22)28(24)17(2)3;1-16(2)27-22-7-5-4-6-21(22)25(17-8-10-18(26)11-9-17)23(27)13-12-19(28)14-20(29)15-24(30)31-3/h5-14,17,20-21,29-30H,4,15-16H2,1-3H3;4-13,16,19-20,28-29H,14-15H2,1-3H3/b14-13+;13-12+. The summed E-state index contributed by atoms with van der Waals surface area (Å²) in [6.45, 7) is 10.3. The summed E-state index contributed by atoms with van der Waals surface area (Å²) in [5.74, 6) is -1.62. The van der Waals surface area contributed by atoms with Crippen molar-refractivity contribution in [3.63, 3.8) is 0 Å². The number of carbonyl (C=O) groups excluding carboxylic acids is 2. The number of esters is 2. The lowest BCUT2D eigenvalue weighted by Gasteiger charge is -2.15. The van der Waals surface area contributed by atoms with Crippen LogP contribution in [0.3, 0.4) is 0 Å². The Labute approximate surface area is 367 Å². The predicted octanol–water partition coefficient (Wildman–Crippen LogP) is 9.82. The fraction of sp³-hybridized carbons (Fsp3) is 0.333. The first kappa shape index (κ1) is 48.1. The van der Waals surface area contributed by atoms with Gasteiger partial charge in [0, 0.05) is 69.2 Å². The van der Waals surface area contributed by atoms with Gasteiger partial charge in [0.25, 0.3) is 0 Å². The van der Waals surface area contributed by atoms with Crippen LogP contribution in [0.1, 0.15) is 83.8 Å². The van der Waals surface area contributed by atoms with Crippen LogP contribution in [0.5, 0.6) is 0 Å². The summed E-state index contributed by atoms with van der Waals surface area (Å²) in [7, 11) is 1.26. The van der Waals surface area contributed by atoms with Gasteiger partial charge in [-0.3, -0.25) is 9.59 Å². The van der Waals surface area contributed by atoms with Gasteiger partial charge in [0.2, 0.25) is 0 Å². The highest BCUT2D eigenvalue weighted by atomic mass is 19.1. The molecule has 4 aromatic carbocycles. The molecule has 4 atom stereocenters. The van der Waals surface area contributed by atoms with Gasteiger partial charge < -0.3 is 39.0 Å². The third kappa shape index (κ3) is 12.4. The van der Waals surface area contributed by atoms with Gasteiger partial charge in [0.1, 0.15) is 11.6 Å². The van der Waals surface area contributed by atoms with Crippen molar-refractivity contribution in [2.24, 2.45) is 0 Å². The maximum Gasteiger partial charge on any atom is 0.308 e. The van der Waals surface area contributed by atoms with Crippen molar-refractivity contribution >= 4 is 45.9 Å². The molecule has 63 heavy (non-hydrogen) atoms. The van der Waals surface area contributed by atoms with E-state index in [1.807, 2.05) is 60.7 Å². The predicted molar refractivity (Wildman–Crippen MR) is 245 cm³/mol. The van der Waals surface area contributed by atoms with Crippen molar-refractivity contribution in [2.45, 2.75) is 96.8 Å². The van der Waals surface area contributed by atoms with Crippen LogP contribution in [0.25, 0.3) is 56.2 Å². The molecule has 0 bridgehead atoms. The molecule has 0 aliphatic carbocycles. The fourth-order valence-corrected chi connectivity index (χ4v) is 7.82. The van der Waals surface area contributed by atoms with Gasteiger partial charge in [0.05, 0.1) is 51.0 Å². The lowest BCUT2D eigenvalue weighted by molar-refractivity contribution is -0.146. The number of ether oxygens (including phenoxy) is 2. The molecule has 0 aliphatic rings. The smallest absolute Gasteiger partial charge is 0.308 e. The first-order valence-corrected chi connectivity index (χ1v) is 21.2. The lowest BCUT2D eigenvalue weighted by atomic mass is 10.0. The topological polar surface area (TPSA) is 143 Å². The molecule has 0 saturated heterocycles. The summed E-state index contributed by atoms with van der Waals surface area (Å²) in [6, 6.07) is 29.0. The number of carbonyl (C=O) groups is 2. The van der Waals surface area contributed by atoms with Crippen LogP contribution in [0.15, 0.2) is 109 Å². The Morgan fingerprint density at radius 3 is 1.35 bits per heavy atom. The number of methoxy groups -OCH3 is 1. The zero-order chi connectivity index (χ0) is 45.8. The van der Waals surface area contributed by atoms with Crippen molar-refractivity contribution in [3.05, 3.63) is 132 Å². The number of halogens is 2. The van der Waals surface area contributed by atoms with Crippen molar-refractivity contribution in [1.82, 2.24) is 9.13 Å². The number of para-hydroxylation sites is 2. The van der Waals surface area contributed by atoms with Crippen molar-refractivity contribution in [1.29, 1.82) is 0 Å². The highest BCUT2D eigenvalue weighted by molar-refractivity contribution is 6.02. The molecular weight excluding hydrogens is 807 g/mol. The number of hydrogen-bond donors (Lipinski definition) is 4. The van der Waals surface area contributed by atoms with Gasteiger partial charge in [-0.25, -0.2) is 8.78 Å². The molecule has 0 aliphatic heterocycles. The minimum Gasteiger partial charge on any atom is -0.469 e. The van der Waals surface area contributed by atoms with Gasteiger partial charge in [-0.05, 0) is 94.3 Å². The molecule has 4 N–H and O–H groups in total. The third-order valence-electron chi connectivity index (χ3n) is 10.5. The quantitative estimate of drug-likeness (QED) is 0.0664. The molecule has 6 rings (SSSR count). The molecule has 0 saturated carbocycles. The Morgan fingerprint density at radius 2 is 0.984 bits per heavy atom. The van der Waals surface area contributed by atoms with E-state index in [1.165, 1.54) is 31.4 Å². The Kier molecular flexibility index (Phi) is 17.1. The van der Waals surface area contributed by atoms with E-state index >= 15 is 0 Å². The molecule has 4 unspecified atom stereocenters. The summed E-state index contributed by atoms with van der Waals surface area (Å²) in [5, 5.41) is 43.0. The second-order valence-electron chi connectivity index (χ2n) is 15.9. The number of benzene rings is 4. The Bertz CT molecular complexity index is 2500. The van der Waals surface area contributed by atoms with E-state index in [-0.39, 0.29) is 56.0 Å².